The van der Waals surface area contributed by atoms with Crippen LogP contribution >= 0.6 is 11.3 Å². The summed E-state index contributed by atoms with van der Waals surface area (Å²) < 4.78 is 2.00. The molecule has 0 saturated carbocycles. The number of aromatic nitrogens is 3. The zero-order chi connectivity index (χ0) is 12.5. The Morgan fingerprint density at radius 2 is 2.28 bits per heavy atom. The molecule has 0 saturated heterocycles. The highest BCUT2D eigenvalue weighted by molar-refractivity contribution is 7.08. The molecule has 2 aromatic heterocycles. The lowest BCUT2D eigenvalue weighted by Gasteiger charge is -2.14. The molecule has 3 heterocycles. The van der Waals surface area contributed by atoms with Crippen LogP contribution in [0, 0.1) is 6.92 Å². The van der Waals surface area contributed by atoms with E-state index in [0.29, 0.717) is 11.5 Å². The van der Waals surface area contributed by atoms with Crippen LogP contribution in [-0.4, -0.2) is 20.7 Å². The number of thiophene rings is 1. The van der Waals surface area contributed by atoms with Crippen LogP contribution in [0.1, 0.15) is 34.6 Å². The zero-order valence-electron chi connectivity index (χ0n) is 10.1. The normalized spacial score (nSPS) is 14.3. The van der Waals surface area contributed by atoms with Crippen molar-refractivity contribution in [2.24, 2.45) is 0 Å². The maximum Gasteiger partial charge on any atom is 0.259 e. The Kier molecular flexibility index (Phi) is 2.87. The van der Waals surface area contributed by atoms with Crippen LogP contribution < -0.4 is 5.32 Å². The molecule has 0 radical (unpaired) electrons. The number of aryl methyl sites for hydroxylation is 2. The van der Waals surface area contributed by atoms with Crippen LogP contribution in [0.5, 0.6) is 0 Å². The van der Waals surface area contributed by atoms with E-state index in [4.69, 9.17) is 0 Å². The van der Waals surface area contributed by atoms with E-state index in [-0.39, 0.29) is 5.91 Å². The molecule has 6 heteroatoms. The number of carbonyl (C=O) groups excluding carboxylic acids is 1. The van der Waals surface area contributed by atoms with Crippen molar-refractivity contribution in [1.29, 1.82) is 0 Å². The van der Waals surface area contributed by atoms with Gasteiger partial charge in [-0.1, -0.05) is 0 Å². The Hall–Kier alpha value is -1.69. The summed E-state index contributed by atoms with van der Waals surface area (Å²) in [6, 6.07) is 0. The standard InChI is InChI=1S/C12H14N4OS/c1-8-6-18-7-9(8)11(17)13-12-15-14-10-4-2-3-5-16(10)12/h6-7H,2-5H2,1H3,(H,13,15,17). The van der Waals surface area contributed by atoms with Crippen LogP contribution in [-0.2, 0) is 13.0 Å². The topological polar surface area (TPSA) is 59.8 Å². The molecule has 18 heavy (non-hydrogen) atoms. The van der Waals surface area contributed by atoms with Crippen LogP contribution in [0.3, 0.4) is 0 Å². The Balaban J connectivity index is 1.83. The van der Waals surface area contributed by atoms with Crippen LogP contribution in [0.4, 0.5) is 5.95 Å². The molecule has 1 amide bonds. The maximum absolute atomic E-state index is 12.1. The second-order valence-electron chi connectivity index (χ2n) is 4.47. The van der Waals surface area contributed by atoms with Gasteiger partial charge in [0.25, 0.3) is 5.91 Å². The van der Waals surface area contributed by atoms with Gasteiger partial charge in [0, 0.05) is 18.3 Å². The van der Waals surface area contributed by atoms with Crippen molar-refractivity contribution < 1.29 is 4.79 Å². The molecule has 1 aliphatic heterocycles. The molecule has 2 aromatic rings. The average Bonchev–Trinajstić information content (AvgIpc) is 2.97. The fraction of sp³-hybridized carbons (Fsp3) is 0.417. The van der Waals surface area contributed by atoms with E-state index in [0.717, 1.165) is 37.2 Å². The van der Waals surface area contributed by atoms with Crippen molar-refractivity contribution >= 4 is 23.2 Å². The lowest BCUT2D eigenvalue weighted by molar-refractivity contribution is 0.102. The van der Waals surface area contributed by atoms with Gasteiger partial charge in [0.05, 0.1) is 5.56 Å². The van der Waals surface area contributed by atoms with Gasteiger partial charge in [-0.05, 0) is 30.7 Å². The molecule has 1 aliphatic rings. The van der Waals surface area contributed by atoms with E-state index >= 15 is 0 Å². The van der Waals surface area contributed by atoms with E-state index in [1.807, 2.05) is 22.3 Å². The first-order valence-corrected chi connectivity index (χ1v) is 6.96. The van der Waals surface area contributed by atoms with Crippen molar-refractivity contribution in [2.45, 2.75) is 32.7 Å². The first-order chi connectivity index (χ1) is 8.75. The first kappa shape index (κ1) is 11.4. The Bertz CT molecular complexity index is 587. The van der Waals surface area contributed by atoms with Gasteiger partial charge in [0.15, 0.2) is 0 Å². The number of rotatable bonds is 2. The molecular weight excluding hydrogens is 248 g/mol. The van der Waals surface area contributed by atoms with E-state index in [1.165, 1.54) is 11.3 Å². The van der Waals surface area contributed by atoms with Crippen LogP contribution in [0.15, 0.2) is 10.8 Å². The van der Waals surface area contributed by atoms with Gasteiger partial charge >= 0.3 is 0 Å². The molecule has 0 bridgehead atoms. The van der Waals surface area contributed by atoms with Gasteiger partial charge < -0.3 is 0 Å². The largest absolute Gasteiger partial charge is 0.297 e. The van der Waals surface area contributed by atoms with E-state index in [9.17, 15) is 4.79 Å². The van der Waals surface area contributed by atoms with Crippen molar-refractivity contribution in [1.82, 2.24) is 14.8 Å². The summed E-state index contributed by atoms with van der Waals surface area (Å²) in [4.78, 5) is 12.1. The van der Waals surface area contributed by atoms with Crippen LogP contribution in [0.25, 0.3) is 0 Å². The Morgan fingerprint density at radius 3 is 3.06 bits per heavy atom. The maximum atomic E-state index is 12.1. The quantitative estimate of drug-likeness (QED) is 0.903. The first-order valence-electron chi connectivity index (χ1n) is 6.02. The summed E-state index contributed by atoms with van der Waals surface area (Å²) in [6.07, 6.45) is 3.21. The third kappa shape index (κ3) is 1.92. The number of carbonyl (C=O) groups is 1. The molecule has 3 rings (SSSR count). The Labute approximate surface area is 109 Å². The third-order valence-corrected chi connectivity index (χ3v) is 4.05. The number of hydrogen-bond acceptors (Lipinski definition) is 4. The van der Waals surface area contributed by atoms with Crippen LogP contribution in [0.2, 0.25) is 0 Å². The van der Waals surface area contributed by atoms with Gasteiger partial charge in [-0.15, -0.1) is 10.2 Å². The summed E-state index contributed by atoms with van der Waals surface area (Å²) >= 11 is 1.53. The molecule has 0 atom stereocenters. The molecular formula is C12H14N4OS. The van der Waals surface area contributed by atoms with Gasteiger partial charge in [0.2, 0.25) is 5.95 Å². The van der Waals surface area contributed by atoms with Crippen molar-refractivity contribution in [3.05, 3.63) is 27.7 Å². The monoisotopic (exact) mass is 262 g/mol. The van der Waals surface area contributed by atoms with E-state index in [2.05, 4.69) is 15.5 Å². The molecule has 5 nitrogen and oxygen atoms in total. The molecule has 94 valence electrons. The average molecular weight is 262 g/mol. The number of anilines is 1. The van der Waals surface area contributed by atoms with Crippen molar-refractivity contribution in [3.63, 3.8) is 0 Å². The highest BCUT2D eigenvalue weighted by Gasteiger charge is 2.18. The van der Waals surface area contributed by atoms with Gasteiger partial charge in [0.1, 0.15) is 5.82 Å². The van der Waals surface area contributed by atoms with Crippen molar-refractivity contribution in [3.8, 4) is 0 Å². The third-order valence-electron chi connectivity index (χ3n) is 3.19. The number of nitrogens with one attached hydrogen (secondary N) is 1. The number of amides is 1. The summed E-state index contributed by atoms with van der Waals surface area (Å²) in [6.45, 7) is 2.82. The summed E-state index contributed by atoms with van der Waals surface area (Å²) in [5.74, 6) is 1.44. The number of nitrogens with zero attached hydrogens (tertiary/aromatic N) is 3. The summed E-state index contributed by atoms with van der Waals surface area (Å²) in [5, 5.41) is 14.9. The minimum absolute atomic E-state index is 0.102. The fourth-order valence-electron chi connectivity index (χ4n) is 2.16. The predicted molar refractivity (Wildman–Crippen MR) is 70.0 cm³/mol. The Morgan fingerprint density at radius 1 is 1.39 bits per heavy atom. The molecule has 1 N–H and O–H groups in total. The highest BCUT2D eigenvalue weighted by atomic mass is 32.1. The molecule has 0 aromatic carbocycles. The second kappa shape index (κ2) is 4.53. The van der Waals surface area contributed by atoms with Gasteiger partial charge in [-0.2, -0.15) is 11.3 Å². The predicted octanol–water partition coefficient (Wildman–Crippen LogP) is 2.24. The van der Waals surface area contributed by atoms with E-state index < -0.39 is 0 Å². The molecule has 0 fully saturated rings. The summed E-state index contributed by atoms with van der Waals surface area (Å²) in [5.41, 5.74) is 1.71. The van der Waals surface area contributed by atoms with E-state index in [1.54, 1.807) is 0 Å². The second-order valence-corrected chi connectivity index (χ2v) is 5.21. The molecule has 0 unspecified atom stereocenters. The minimum atomic E-state index is -0.102. The lowest BCUT2D eigenvalue weighted by Crippen LogP contribution is -2.18. The molecule has 0 spiro atoms. The fourth-order valence-corrected chi connectivity index (χ4v) is 2.99. The molecule has 0 aliphatic carbocycles. The van der Waals surface area contributed by atoms with Gasteiger partial charge in [-0.3, -0.25) is 14.7 Å². The highest BCUT2D eigenvalue weighted by Crippen LogP contribution is 2.19. The number of fused-ring (bicyclic) bond motifs is 1. The number of hydrogen-bond donors (Lipinski definition) is 1. The summed E-state index contributed by atoms with van der Waals surface area (Å²) in [7, 11) is 0. The van der Waals surface area contributed by atoms with Gasteiger partial charge in [-0.25, -0.2) is 0 Å². The SMILES string of the molecule is Cc1cscc1C(=O)Nc1nnc2n1CCCC2. The smallest absolute Gasteiger partial charge is 0.259 e. The van der Waals surface area contributed by atoms with Crippen molar-refractivity contribution in [2.75, 3.05) is 5.32 Å². The minimum Gasteiger partial charge on any atom is -0.297 e. The lowest BCUT2D eigenvalue weighted by atomic mass is 10.2. The zero-order valence-corrected chi connectivity index (χ0v) is 11.0.